The number of nitrogens with zero attached hydrogens (tertiary/aromatic N) is 2. The second-order valence-corrected chi connectivity index (χ2v) is 4.79. The molecule has 0 unspecified atom stereocenters. The molecule has 4 heteroatoms. The second-order valence-electron chi connectivity index (χ2n) is 4.79. The van der Waals surface area contributed by atoms with E-state index >= 15 is 0 Å². The van der Waals surface area contributed by atoms with E-state index in [9.17, 15) is 0 Å². The van der Waals surface area contributed by atoms with Gasteiger partial charge in [0.2, 0.25) is 0 Å². The van der Waals surface area contributed by atoms with Gasteiger partial charge < -0.3 is 9.88 Å². The number of fused-ring (bicyclic) bond motifs is 1. The average Bonchev–Trinajstić information content (AvgIpc) is 3.02. The number of hydrogen-bond donors (Lipinski definition) is 2. The topological polar surface area (TPSA) is 45.6 Å². The standard InChI is InChI=1S/C15H18N4/c1-16-8-7-14-12(9-17-18-14)13-10-19(2)15-6-4-3-5-11(13)15/h3-6,9-10,16H,7-8H2,1-2H3,(H,17,18). The number of benzene rings is 1. The molecule has 0 spiro atoms. The summed E-state index contributed by atoms with van der Waals surface area (Å²) in [6.45, 7) is 0.944. The van der Waals surface area contributed by atoms with Crippen LogP contribution in [0, 0.1) is 0 Å². The van der Waals surface area contributed by atoms with Crippen molar-refractivity contribution in [2.75, 3.05) is 13.6 Å². The quantitative estimate of drug-likeness (QED) is 0.750. The molecule has 0 fully saturated rings. The molecule has 0 radical (unpaired) electrons. The molecule has 0 bridgehead atoms. The highest BCUT2D eigenvalue weighted by Gasteiger charge is 2.13. The lowest BCUT2D eigenvalue weighted by molar-refractivity contribution is 0.773. The number of aryl methyl sites for hydroxylation is 1. The van der Waals surface area contributed by atoms with E-state index in [0.29, 0.717) is 0 Å². The molecule has 2 aromatic heterocycles. The molecule has 0 aliphatic rings. The predicted octanol–water partition coefficient (Wildman–Crippen LogP) is 2.33. The highest BCUT2D eigenvalue weighted by molar-refractivity contribution is 5.96. The van der Waals surface area contributed by atoms with Gasteiger partial charge in [-0.15, -0.1) is 0 Å². The lowest BCUT2D eigenvalue weighted by Gasteiger charge is -2.01. The number of rotatable bonds is 4. The van der Waals surface area contributed by atoms with Crippen molar-refractivity contribution in [3.8, 4) is 11.1 Å². The van der Waals surface area contributed by atoms with Crippen LogP contribution in [0.3, 0.4) is 0 Å². The fourth-order valence-electron chi connectivity index (χ4n) is 2.54. The molecule has 19 heavy (non-hydrogen) atoms. The maximum atomic E-state index is 4.21. The van der Waals surface area contributed by atoms with Crippen molar-refractivity contribution in [3.05, 3.63) is 42.4 Å². The van der Waals surface area contributed by atoms with Crippen molar-refractivity contribution in [1.29, 1.82) is 0 Å². The van der Waals surface area contributed by atoms with Crippen molar-refractivity contribution in [2.24, 2.45) is 7.05 Å². The minimum atomic E-state index is 0.944. The van der Waals surface area contributed by atoms with E-state index in [1.165, 1.54) is 27.7 Å². The maximum Gasteiger partial charge on any atom is 0.0569 e. The smallest absolute Gasteiger partial charge is 0.0569 e. The third-order valence-electron chi connectivity index (χ3n) is 3.53. The van der Waals surface area contributed by atoms with Crippen molar-refractivity contribution in [3.63, 3.8) is 0 Å². The van der Waals surface area contributed by atoms with Crippen LogP contribution < -0.4 is 5.32 Å². The first-order valence-electron chi connectivity index (χ1n) is 6.52. The maximum absolute atomic E-state index is 4.21. The van der Waals surface area contributed by atoms with Crippen LogP contribution in [-0.4, -0.2) is 28.4 Å². The molecule has 0 aliphatic carbocycles. The van der Waals surface area contributed by atoms with Gasteiger partial charge in [-0.1, -0.05) is 18.2 Å². The zero-order valence-electron chi connectivity index (χ0n) is 11.3. The van der Waals surface area contributed by atoms with Crippen LogP contribution in [0.15, 0.2) is 36.7 Å². The molecule has 4 nitrogen and oxygen atoms in total. The molecular formula is C15H18N4. The Bertz CT molecular complexity index is 693. The van der Waals surface area contributed by atoms with E-state index in [0.717, 1.165) is 13.0 Å². The third kappa shape index (κ3) is 2.04. The van der Waals surface area contributed by atoms with Crippen LogP contribution in [0.1, 0.15) is 5.69 Å². The van der Waals surface area contributed by atoms with Gasteiger partial charge in [-0.05, 0) is 13.1 Å². The SMILES string of the molecule is CNCCc1[nH]ncc1-c1cn(C)c2ccccc12. The van der Waals surface area contributed by atoms with Gasteiger partial charge >= 0.3 is 0 Å². The summed E-state index contributed by atoms with van der Waals surface area (Å²) in [5.41, 5.74) is 4.88. The molecular weight excluding hydrogens is 236 g/mol. The van der Waals surface area contributed by atoms with E-state index in [1.54, 1.807) is 0 Å². The summed E-state index contributed by atoms with van der Waals surface area (Å²) in [7, 11) is 4.05. The Morgan fingerprint density at radius 2 is 2.11 bits per heavy atom. The Morgan fingerprint density at radius 3 is 2.95 bits per heavy atom. The van der Waals surface area contributed by atoms with Gasteiger partial charge in [-0.25, -0.2) is 0 Å². The Balaban J connectivity index is 2.12. The van der Waals surface area contributed by atoms with Crippen LogP contribution in [0.25, 0.3) is 22.0 Å². The van der Waals surface area contributed by atoms with E-state index in [4.69, 9.17) is 0 Å². The highest BCUT2D eigenvalue weighted by atomic mass is 15.1. The predicted molar refractivity (Wildman–Crippen MR) is 78.1 cm³/mol. The summed E-state index contributed by atoms with van der Waals surface area (Å²) in [6, 6.07) is 8.47. The van der Waals surface area contributed by atoms with E-state index in [-0.39, 0.29) is 0 Å². The number of likely N-dealkylation sites (N-methyl/N-ethyl adjacent to an activating group) is 1. The molecule has 0 amide bonds. The minimum Gasteiger partial charge on any atom is -0.350 e. The molecule has 98 valence electrons. The van der Waals surface area contributed by atoms with Gasteiger partial charge in [0.25, 0.3) is 0 Å². The fraction of sp³-hybridized carbons (Fsp3) is 0.267. The number of nitrogens with one attached hydrogen (secondary N) is 2. The van der Waals surface area contributed by atoms with Crippen molar-refractivity contribution < 1.29 is 0 Å². The van der Waals surface area contributed by atoms with Crippen LogP contribution in [0.5, 0.6) is 0 Å². The summed E-state index contributed by atoms with van der Waals surface area (Å²) >= 11 is 0. The van der Waals surface area contributed by atoms with Gasteiger partial charge in [-0.3, -0.25) is 5.10 Å². The molecule has 0 saturated carbocycles. The molecule has 1 aromatic carbocycles. The van der Waals surface area contributed by atoms with Gasteiger partial charge in [0.1, 0.15) is 0 Å². The Labute approximate surface area is 112 Å². The number of aromatic nitrogens is 3. The van der Waals surface area contributed by atoms with Crippen molar-refractivity contribution in [1.82, 2.24) is 20.1 Å². The van der Waals surface area contributed by atoms with Crippen molar-refractivity contribution >= 4 is 10.9 Å². The van der Waals surface area contributed by atoms with Crippen LogP contribution in [-0.2, 0) is 13.5 Å². The third-order valence-corrected chi connectivity index (χ3v) is 3.53. The number of aromatic amines is 1. The monoisotopic (exact) mass is 254 g/mol. The molecule has 0 atom stereocenters. The first kappa shape index (κ1) is 12.0. The van der Waals surface area contributed by atoms with Crippen molar-refractivity contribution in [2.45, 2.75) is 6.42 Å². The Morgan fingerprint density at radius 1 is 1.26 bits per heavy atom. The minimum absolute atomic E-state index is 0.944. The Hall–Kier alpha value is -2.07. The molecule has 3 aromatic rings. The molecule has 3 rings (SSSR count). The molecule has 0 aliphatic heterocycles. The number of para-hydroxylation sites is 1. The fourth-order valence-corrected chi connectivity index (χ4v) is 2.54. The lowest BCUT2D eigenvalue weighted by atomic mass is 10.0. The van der Waals surface area contributed by atoms with Gasteiger partial charge in [0.15, 0.2) is 0 Å². The molecule has 0 saturated heterocycles. The van der Waals surface area contributed by atoms with E-state index in [1.807, 2.05) is 13.2 Å². The first-order chi connectivity index (χ1) is 9.31. The first-order valence-corrected chi connectivity index (χ1v) is 6.52. The zero-order chi connectivity index (χ0) is 13.2. The summed E-state index contributed by atoms with van der Waals surface area (Å²) in [6.07, 6.45) is 5.06. The van der Waals surface area contributed by atoms with E-state index in [2.05, 4.69) is 57.6 Å². The van der Waals surface area contributed by atoms with E-state index < -0.39 is 0 Å². The lowest BCUT2D eigenvalue weighted by Crippen LogP contribution is -2.10. The summed E-state index contributed by atoms with van der Waals surface area (Å²) < 4.78 is 2.17. The Kier molecular flexibility index (Phi) is 3.09. The van der Waals surface area contributed by atoms with Gasteiger partial charge in [0.05, 0.1) is 6.20 Å². The van der Waals surface area contributed by atoms with Crippen LogP contribution >= 0.6 is 0 Å². The van der Waals surface area contributed by atoms with Crippen LogP contribution in [0.4, 0.5) is 0 Å². The zero-order valence-corrected chi connectivity index (χ0v) is 11.3. The molecule has 2 N–H and O–H groups in total. The second kappa shape index (κ2) is 4.90. The number of H-pyrrole nitrogens is 1. The van der Waals surface area contributed by atoms with Crippen LogP contribution in [0.2, 0.25) is 0 Å². The summed E-state index contributed by atoms with van der Waals surface area (Å²) in [5, 5.41) is 11.8. The summed E-state index contributed by atoms with van der Waals surface area (Å²) in [5.74, 6) is 0. The highest BCUT2D eigenvalue weighted by Crippen LogP contribution is 2.31. The summed E-state index contributed by atoms with van der Waals surface area (Å²) in [4.78, 5) is 0. The van der Waals surface area contributed by atoms with Gasteiger partial charge in [-0.2, -0.15) is 5.10 Å². The largest absolute Gasteiger partial charge is 0.350 e. The van der Waals surface area contributed by atoms with Gasteiger partial charge in [0, 0.05) is 53.9 Å². The number of hydrogen-bond acceptors (Lipinski definition) is 2. The normalized spacial score (nSPS) is 11.3. The molecule has 2 heterocycles. The average molecular weight is 254 g/mol.